The lowest BCUT2D eigenvalue weighted by atomic mass is 9.75. The number of aliphatic hydroxyl groups is 1. The van der Waals surface area contributed by atoms with Gasteiger partial charge in [-0.25, -0.2) is 0 Å². The highest BCUT2D eigenvalue weighted by Crippen LogP contribution is 2.35. The van der Waals surface area contributed by atoms with Gasteiger partial charge in [0.1, 0.15) is 0 Å². The van der Waals surface area contributed by atoms with Crippen LogP contribution in [0.1, 0.15) is 46.5 Å². The lowest BCUT2D eigenvalue weighted by molar-refractivity contribution is -0.0417. The molecule has 0 bridgehead atoms. The van der Waals surface area contributed by atoms with E-state index in [9.17, 15) is 0 Å². The van der Waals surface area contributed by atoms with Gasteiger partial charge >= 0.3 is 0 Å². The normalized spacial score (nSPS) is 32.2. The van der Waals surface area contributed by atoms with Crippen molar-refractivity contribution < 1.29 is 9.84 Å². The Bertz CT molecular complexity index is 168. The predicted octanol–water partition coefficient (Wildman–Crippen LogP) is 2.85. The van der Waals surface area contributed by atoms with Crippen LogP contribution < -0.4 is 0 Å². The molecule has 2 heteroatoms. The summed E-state index contributed by atoms with van der Waals surface area (Å²) < 4.78 is 5.91. The fourth-order valence-electron chi connectivity index (χ4n) is 2.61. The van der Waals surface area contributed by atoms with Gasteiger partial charge in [0.05, 0.1) is 6.10 Å². The third-order valence-electron chi connectivity index (χ3n) is 3.60. The van der Waals surface area contributed by atoms with Crippen molar-refractivity contribution in [3.8, 4) is 0 Å². The largest absolute Gasteiger partial charge is 0.396 e. The Kier molecular flexibility index (Phi) is 5.62. The van der Waals surface area contributed by atoms with Crippen LogP contribution in [0.25, 0.3) is 0 Å². The summed E-state index contributed by atoms with van der Waals surface area (Å²) in [6, 6.07) is 0. The first kappa shape index (κ1) is 13.0. The topological polar surface area (TPSA) is 29.5 Å². The van der Waals surface area contributed by atoms with Crippen molar-refractivity contribution in [3.05, 3.63) is 0 Å². The molecule has 1 N–H and O–H groups in total. The smallest absolute Gasteiger partial charge is 0.0608 e. The molecule has 0 aromatic heterocycles. The maximum absolute atomic E-state index is 8.74. The molecule has 0 aromatic rings. The number of rotatable bonds is 5. The standard InChI is InChI=1S/C13H26O2/c1-10(2)12-6-5-11(3)9-13(12)15-8-4-7-14/h10-14H,4-9H2,1-3H3/t11-,12+,13+/m1/s1. The van der Waals surface area contributed by atoms with E-state index >= 15 is 0 Å². The van der Waals surface area contributed by atoms with Crippen LogP contribution in [-0.2, 0) is 4.74 Å². The molecule has 0 aromatic carbocycles. The summed E-state index contributed by atoms with van der Waals surface area (Å²) in [6.07, 6.45) is 5.07. The Morgan fingerprint density at radius 1 is 1.33 bits per heavy atom. The Balaban J connectivity index is 2.39. The van der Waals surface area contributed by atoms with Crippen molar-refractivity contribution >= 4 is 0 Å². The first-order chi connectivity index (χ1) is 7.15. The molecular weight excluding hydrogens is 188 g/mol. The highest BCUT2D eigenvalue weighted by Gasteiger charge is 2.30. The van der Waals surface area contributed by atoms with E-state index in [1.54, 1.807) is 0 Å². The molecule has 0 radical (unpaired) electrons. The van der Waals surface area contributed by atoms with Crippen molar-refractivity contribution in [2.75, 3.05) is 13.2 Å². The van der Waals surface area contributed by atoms with Crippen LogP contribution in [0, 0.1) is 17.8 Å². The summed E-state index contributed by atoms with van der Waals surface area (Å²) in [6.45, 7) is 7.87. The zero-order valence-electron chi connectivity index (χ0n) is 10.4. The summed E-state index contributed by atoms with van der Waals surface area (Å²) in [5, 5.41) is 8.74. The van der Waals surface area contributed by atoms with Gasteiger partial charge in [0.15, 0.2) is 0 Å². The third-order valence-corrected chi connectivity index (χ3v) is 3.60. The van der Waals surface area contributed by atoms with Crippen LogP contribution in [0.5, 0.6) is 0 Å². The van der Waals surface area contributed by atoms with E-state index in [-0.39, 0.29) is 6.61 Å². The van der Waals surface area contributed by atoms with Gasteiger partial charge < -0.3 is 9.84 Å². The maximum Gasteiger partial charge on any atom is 0.0608 e. The Morgan fingerprint density at radius 3 is 2.67 bits per heavy atom. The van der Waals surface area contributed by atoms with Gasteiger partial charge in [-0.05, 0) is 37.0 Å². The third kappa shape index (κ3) is 4.12. The molecule has 1 rings (SSSR count). The monoisotopic (exact) mass is 214 g/mol. The van der Waals surface area contributed by atoms with E-state index in [0.717, 1.165) is 30.8 Å². The van der Waals surface area contributed by atoms with Crippen molar-refractivity contribution in [1.29, 1.82) is 0 Å². The number of ether oxygens (including phenoxy) is 1. The predicted molar refractivity (Wildman–Crippen MR) is 62.8 cm³/mol. The van der Waals surface area contributed by atoms with Crippen molar-refractivity contribution in [3.63, 3.8) is 0 Å². The maximum atomic E-state index is 8.74. The van der Waals surface area contributed by atoms with Crippen molar-refractivity contribution in [2.45, 2.75) is 52.6 Å². The minimum Gasteiger partial charge on any atom is -0.396 e. The van der Waals surface area contributed by atoms with Gasteiger partial charge in [-0.15, -0.1) is 0 Å². The second-order valence-electron chi connectivity index (χ2n) is 5.31. The molecule has 0 heterocycles. The fourth-order valence-corrected chi connectivity index (χ4v) is 2.61. The SMILES string of the molecule is CC(C)[C@@H]1CC[C@@H](C)C[C@@H]1OCCCO. The zero-order chi connectivity index (χ0) is 11.3. The van der Waals surface area contributed by atoms with Crippen LogP contribution in [-0.4, -0.2) is 24.4 Å². The summed E-state index contributed by atoms with van der Waals surface area (Å²) in [5.41, 5.74) is 0. The lowest BCUT2D eigenvalue weighted by Crippen LogP contribution is -2.34. The average molecular weight is 214 g/mol. The molecule has 0 saturated heterocycles. The molecule has 15 heavy (non-hydrogen) atoms. The van der Waals surface area contributed by atoms with Crippen molar-refractivity contribution in [1.82, 2.24) is 0 Å². The van der Waals surface area contributed by atoms with E-state index in [0.29, 0.717) is 6.10 Å². The van der Waals surface area contributed by atoms with Crippen LogP contribution in [0.4, 0.5) is 0 Å². The number of hydrogen-bond donors (Lipinski definition) is 1. The van der Waals surface area contributed by atoms with E-state index in [2.05, 4.69) is 20.8 Å². The highest BCUT2D eigenvalue weighted by molar-refractivity contribution is 4.81. The van der Waals surface area contributed by atoms with Gasteiger partial charge in [0.25, 0.3) is 0 Å². The minimum atomic E-state index is 0.245. The molecule has 1 fully saturated rings. The van der Waals surface area contributed by atoms with Gasteiger partial charge in [0.2, 0.25) is 0 Å². The van der Waals surface area contributed by atoms with E-state index < -0.39 is 0 Å². The molecule has 0 aliphatic heterocycles. The molecule has 0 spiro atoms. The van der Waals surface area contributed by atoms with Gasteiger partial charge in [-0.3, -0.25) is 0 Å². The molecule has 0 amide bonds. The van der Waals surface area contributed by atoms with Crippen LogP contribution in [0.2, 0.25) is 0 Å². The second kappa shape index (κ2) is 6.49. The molecule has 2 nitrogen and oxygen atoms in total. The van der Waals surface area contributed by atoms with E-state index in [1.807, 2.05) is 0 Å². The first-order valence-corrected chi connectivity index (χ1v) is 6.37. The summed E-state index contributed by atoms with van der Waals surface area (Å²) in [7, 11) is 0. The fraction of sp³-hybridized carbons (Fsp3) is 1.00. The average Bonchev–Trinajstić information content (AvgIpc) is 2.18. The van der Waals surface area contributed by atoms with Crippen LogP contribution >= 0.6 is 0 Å². The summed E-state index contributed by atoms with van der Waals surface area (Å²) in [5.74, 6) is 2.25. The quantitative estimate of drug-likeness (QED) is 0.713. The van der Waals surface area contributed by atoms with Crippen molar-refractivity contribution in [2.24, 2.45) is 17.8 Å². The molecule has 1 aliphatic rings. The molecule has 1 aliphatic carbocycles. The Morgan fingerprint density at radius 2 is 2.07 bits per heavy atom. The molecule has 3 atom stereocenters. The lowest BCUT2D eigenvalue weighted by Gasteiger charge is -2.37. The number of aliphatic hydroxyl groups excluding tert-OH is 1. The highest BCUT2D eigenvalue weighted by atomic mass is 16.5. The summed E-state index contributed by atoms with van der Waals surface area (Å²) >= 11 is 0. The van der Waals surface area contributed by atoms with E-state index in [1.165, 1.54) is 19.3 Å². The molecule has 1 saturated carbocycles. The van der Waals surface area contributed by atoms with Gasteiger partial charge in [0, 0.05) is 13.2 Å². The first-order valence-electron chi connectivity index (χ1n) is 6.37. The second-order valence-corrected chi connectivity index (χ2v) is 5.31. The molecule has 90 valence electrons. The zero-order valence-corrected chi connectivity index (χ0v) is 10.4. The molecule has 0 unspecified atom stereocenters. The Labute approximate surface area is 94.0 Å². The van der Waals surface area contributed by atoms with Gasteiger partial charge in [-0.2, -0.15) is 0 Å². The van der Waals surface area contributed by atoms with Crippen LogP contribution in [0.3, 0.4) is 0 Å². The number of hydrogen-bond acceptors (Lipinski definition) is 2. The van der Waals surface area contributed by atoms with Gasteiger partial charge in [-0.1, -0.05) is 27.2 Å². The minimum absolute atomic E-state index is 0.245. The van der Waals surface area contributed by atoms with Crippen LogP contribution in [0.15, 0.2) is 0 Å². The summed E-state index contributed by atoms with van der Waals surface area (Å²) in [4.78, 5) is 0. The Hall–Kier alpha value is -0.0800. The molecular formula is C13H26O2. The van der Waals surface area contributed by atoms with E-state index in [4.69, 9.17) is 9.84 Å².